The van der Waals surface area contributed by atoms with Gasteiger partial charge in [0.1, 0.15) is 11.4 Å². The summed E-state index contributed by atoms with van der Waals surface area (Å²) in [5, 5.41) is 0. The Balaban J connectivity index is 1.82. The van der Waals surface area contributed by atoms with Gasteiger partial charge in [0.05, 0.1) is 14.7 Å². The first-order chi connectivity index (χ1) is 16.7. The third-order valence-corrected chi connectivity index (χ3v) is 9.12. The lowest BCUT2D eigenvalue weighted by atomic mass is 10.1. The molecule has 8 nitrogen and oxygen atoms in total. The standard InChI is InChI=1S/C25H33FN2O6S2/c1-5-6-18-7-10-22(35(30,31)21-11-8-19(26)9-12-21)17-23(18)36(32,33)27-20-13-15-28(16-14-20)24(29)34-25(2,3)4/h7-12,17,20,27H,5-6,13-16H2,1-4H3. The maximum Gasteiger partial charge on any atom is 0.410 e. The van der Waals surface area contributed by atoms with Crippen LogP contribution in [0.1, 0.15) is 52.5 Å². The van der Waals surface area contributed by atoms with Crippen molar-refractivity contribution in [3.8, 4) is 0 Å². The van der Waals surface area contributed by atoms with Gasteiger partial charge in [-0.25, -0.2) is 30.7 Å². The Labute approximate surface area is 212 Å². The van der Waals surface area contributed by atoms with E-state index in [0.29, 0.717) is 44.3 Å². The third-order valence-electron chi connectivity index (χ3n) is 5.75. The van der Waals surface area contributed by atoms with Crippen LogP contribution in [-0.4, -0.2) is 52.6 Å². The molecular formula is C25H33FN2O6S2. The van der Waals surface area contributed by atoms with E-state index in [1.165, 1.54) is 18.2 Å². The number of carbonyl (C=O) groups is 1. The highest BCUT2D eigenvalue weighted by Crippen LogP contribution is 2.27. The topological polar surface area (TPSA) is 110 Å². The van der Waals surface area contributed by atoms with E-state index in [4.69, 9.17) is 4.74 Å². The van der Waals surface area contributed by atoms with Crippen molar-refractivity contribution in [3.63, 3.8) is 0 Å². The lowest BCUT2D eigenvalue weighted by Gasteiger charge is -2.33. The van der Waals surface area contributed by atoms with E-state index in [2.05, 4.69) is 4.72 Å². The maximum atomic E-state index is 13.4. The summed E-state index contributed by atoms with van der Waals surface area (Å²) in [6, 6.07) is 8.03. The number of sulfonamides is 1. The lowest BCUT2D eigenvalue weighted by Crippen LogP contribution is -2.47. The van der Waals surface area contributed by atoms with Gasteiger partial charge in [0.2, 0.25) is 19.9 Å². The van der Waals surface area contributed by atoms with E-state index < -0.39 is 43.4 Å². The summed E-state index contributed by atoms with van der Waals surface area (Å²) < 4.78 is 74.4. The highest BCUT2D eigenvalue weighted by atomic mass is 32.2. The van der Waals surface area contributed by atoms with Crippen molar-refractivity contribution in [2.45, 2.75) is 79.7 Å². The number of hydrogen-bond acceptors (Lipinski definition) is 6. The fourth-order valence-corrected chi connectivity index (χ4v) is 6.93. The van der Waals surface area contributed by atoms with E-state index in [9.17, 15) is 26.0 Å². The average molecular weight is 541 g/mol. The second-order valence-electron chi connectivity index (χ2n) is 9.84. The first kappa shape index (κ1) is 28.1. The highest BCUT2D eigenvalue weighted by Gasteiger charge is 2.31. The Kier molecular flexibility index (Phi) is 8.47. The predicted molar refractivity (Wildman–Crippen MR) is 133 cm³/mol. The molecule has 198 valence electrons. The van der Waals surface area contributed by atoms with E-state index in [-0.39, 0.29) is 14.7 Å². The van der Waals surface area contributed by atoms with Crippen molar-refractivity contribution in [2.75, 3.05) is 13.1 Å². The first-order valence-electron chi connectivity index (χ1n) is 11.9. The molecule has 0 aliphatic carbocycles. The van der Waals surface area contributed by atoms with Crippen molar-refractivity contribution in [2.24, 2.45) is 0 Å². The lowest BCUT2D eigenvalue weighted by molar-refractivity contribution is 0.0203. The maximum absolute atomic E-state index is 13.4. The van der Waals surface area contributed by atoms with Gasteiger partial charge in [-0.2, -0.15) is 0 Å². The Morgan fingerprint density at radius 2 is 1.61 bits per heavy atom. The SMILES string of the molecule is CCCc1ccc(S(=O)(=O)c2ccc(F)cc2)cc1S(=O)(=O)NC1CCN(C(=O)OC(C)(C)C)CC1. The molecule has 0 atom stereocenters. The molecule has 0 saturated carbocycles. The largest absolute Gasteiger partial charge is 0.444 e. The second-order valence-corrected chi connectivity index (χ2v) is 13.5. The molecule has 1 N–H and O–H groups in total. The molecule has 3 rings (SSSR count). The molecule has 1 fully saturated rings. The number of piperidine rings is 1. The molecule has 1 amide bonds. The molecule has 2 aromatic rings. The zero-order chi connectivity index (χ0) is 26.7. The number of nitrogens with zero attached hydrogens (tertiary/aromatic N) is 1. The van der Waals surface area contributed by atoms with Crippen LogP contribution in [0, 0.1) is 5.82 Å². The minimum Gasteiger partial charge on any atom is -0.444 e. The number of benzene rings is 2. The summed E-state index contributed by atoms with van der Waals surface area (Å²) in [6.45, 7) is 7.92. The van der Waals surface area contributed by atoms with Crippen LogP contribution in [0.2, 0.25) is 0 Å². The average Bonchev–Trinajstić information content (AvgIpc) is 2.78. The van der Waals surface area contributed by atoms with Gasteiger partial charge in [0.15, 0.2) is 0 Å². The summed E-state index contributed by atoms with van der Waals surface area (Å²) in [7, 11) is -8.11. The van der Waals surface area contributed by atoms with Crippen LogP contribution in [0.25, 0.3) is 0 Å². The molecule has 0 aromatic heterocycles. The summed E-state index contributed by atoms with van der Waals surface area (Å²) in [4.78, 5) is 13.4. The van der Waals surface area contributed by atoms with Crippen molar-refractivity contribution in [1.29, 1.82) is 0 Å². The second kappa shape index (κ2) is 10.9. The van der Waals surface area contributed by atoms with Gasteiger partial charge in [0.25, 0.3) is 0 Å². The summed E-state index contributed by atoms with van der Waals surface area (Å²) >= 11 is 0. The van der Waals surface area contributed by atoms with Gasteiger partial charge in [0, 0.05) is 19.1 Å². The van der Waals surface area contributed by atoms with Crippen LogP contribution in [0.4, 0.5) is 9.18 Å². The fourth-order valence-electron chi connectivity index (χ4n) is 3.97. The Hall–Kier alpha value is -2.50. The number of amides is 1. The van der Waals surface area contributed by atoms with Crippen LogP contribution in [-0.2, 0) is 31.0 Å². The van der Waals surface area contributed by atoms with Crippen LogP contribution in [0.15, 0.2) is 57.2 Å². The summed E-state index contributed by atoms with van der Waals surface area (Å²) in [5.74, 6) is -0.572. The van der Waals surface area contributed by atoms with Crippen LogP contribution < -0.4 is 4.72 Å². The molecule has 2 aromatic carbocycles. The van der Waals surface area contributed by atoms with Gasteiger partial charge < -0.3 is 9.64 Å². The smallest absolute Gasteiger partial charge is 0.410 e. The summed E-state index contributed by atoms with van der Waals surface area (Å²) in [6.07, 6.45) is 1.47. The van der Waals surface area contributed by atoms with Crippen LogP contribution in [0.5, 0.6) is 0 Å². The van der Waals surface area contributed by atoms with Gasteiger partial charge in [-0.1, -0.05) is 19.4 Å². The molecule has 0 radical (unpaired) electrons. The van der Waals surface area contributed by atoms with Crippen molar-refractivity contribution >= 4 is 26.0 Å². The van der Waals surface area contributed by atoms with E-state index in [0.717, 1.165) is 24.3 Å². The van der Waals surface area contributed by atoms with Crippen molar-refractivity contribution in [3.05, 3.63) is 53.8 Å². The number of likely N-dealkylation sites (tertiary alicyclic amines) is 1. The van der Waals surface area contributed by atoms with E-state index in [1.54, 1.807) is 25.7 Å². The molecule has 1 aliphatic rings. The Morgan fingerprint density at radius 1 is 1.03 bits per heavy atom. The predicted octanol–water partition coefficient (Wildman–Crippen LogP) is 4.29. The van der Waals surface area contributed by atoms with Crippen molar-refractivity contribution in [1.82, 2.24) is 9.62 Å². The number of rotatable bonds is 7. The monoisotopic (exact) mass is 540 g/mol. The Morgan fingerprint density at radius 3 is 2.17 bits per heavy atom. The van der Waals surface area contributed by atoms with E-state index in [1.807, 2.05) is 6.92 Å². The molecule has 0 bridgehead atoms. The number of nitrogens with one attached hydrogen (secondary N) is 1. The summed E-state index contributed by atoms with van der Waals surface area (Å²) in [5.41, 5.74) is -0.112. The van der Waals surface area contributed by atoms with Crippen LogP contribution in [0.3, 0.4) is 0 Å². The quantitative estimate of drug-likeness (QED) is 0.525. The highest BCUT2D eigenvalue weighted by molar-refractivity contribution is 7.91. The molecular weight excluding hydrogens is 507 g/mol. The fraction of sp³-hybridized carbons (Fsp3) is 0.480. The molecule has 1 saturated heterocycles. The minimum atomic E-state index is -4.06. The van der Waals surface area contributed by atoms with Gasteiger partial charge in [-0.15, -0.1) is 0 Å². The van der Waals surface area contributed by atoms with Crippen molar-refractivity contribution < 1.29 is 30.8 Å². The third kappa shape index (κ3) is 6.83. The van der Waals surface area contributed by atoms with Gasteiger partial charge in [-0.3, -0.25) is 0 Å². The zero-order valence-corrected chi connectivity index (χ0v) is 22.6. The number of aryl methyl sites for hydroxylation is 1. The number of carbonyl (C=O) groups excluding carboxylic acids is 1. The Bertz CT molecular complexity index is 1300. The molecule has 36 heavy (non-hydrogen) atoms. The molecule has 1 aliphatic heterocycles. The van der Waals surface area contributed by atoms with E-state index >= 15 is 0 Å². The molecule has 0 spiro atoms. The minimum absolute atomic E-state index is 0.0953. The van der Waals surface area contributed by atoms with Crippen LogP contribution >= 0.6 is 0 Å². The normalized spacial score (nSPS) is 15.6. The number of sulfone groups is 1. The molecule has 0 unspecified atom stereocenters. The molecule has 11 heteroatoms. The van der Waals surface area contributed by atoms with Gasteiger partial charge >= 0.3 is 6.09 Å². The number of ether oxygens (including phenoxy) is 1. The molecule has 1 heterocycles. The number of hydrogen-bond donors (Lipinski definition) is 1. The zero-order valence-electron chi connectivity index (χ0n) is 21.0. The first-order valence-corrected chi connectivity index (χ1v) is 14.8. The number of halogens is 1. The van der Waals surface area contributed by atoms with Gasteiger partial charge in [-0.05, 0) is 82.0 Å².